The van der Waals surface area contributed by atoms with Crippen LogP contribution in [0.2, 0.25) is 0 Å². The van der Waals surface area contributed by atoms with E-state index in [0.29, 0.717) is 0 Å². The van der Waals surface area contributed by atoms with Gasteiger partial charge in [0.25, 0.3) is 0 Å². The van der Waals surface area contributed by atoms with Gasteiger partial charge >= 0.3 is 6.18 Å². The Kier molecular flexibility index (Phi) is 2.22. The largest absolute Gasteiger partial charge is 0.433 e. The van der Waals surface area contributed by atoms with Crippen LogP contribution < -0.4 is 0 Å². The van der Waals surface area contributed by atoms with Gasteiger partial charge in [-0.15, -0.1) is 0 Å². The number of halogens is 4. The molecule has 56 valence electrons. The van der Waals surface area contributed by atoms with Crippen LogP contribution in [0.4, 0.5) is 13.2 Å². The number of hydrogen-bond acceptors (Lipinski definition) is 1. The topological polar surface area (TPSA) is 12.4 Å². The molecule has 0 amide bonds. The summed E-state index contributed by atoms with van der Waals surface area (Å²) in [5, 5.41) is 0. The van der Waals surface area contributed by atoms with Gasteiger partial charge in [-0.25, -0.2) is 4.99 Å². The molecule has 0 aromatic heterocycles. The lowest BCUT2D eigenvalue weighted by Crippen LogP contribution is -2.21. The molecule has 0 saturated heterocycles. The minimum atomic E-state index is -4.28. The second kappa shape index (κ2) is 2.81. The second-order valence-corrected chi connectivity index (χ2v) is 3.52. The van der Waals surface area contributed by atoms with E-state index in [4.69, 9.17) is 0 Å². The molecule has 0 saturated carbocycles. The van der Waals surface area contributed by atoms with Gasteiger partial charge < -0.3 is 0 Å². The standard InChI is InChI=1S/C5H3F3IN/c6-5(7,8)4-1-2-9-3-10-4/h1-3H. The van der Waals surface area contributed by atoms with Gasteiger partial charge in [0.1, 0.15) is 5.71 Å². The first-order valence-electron chi connectivity index (χ1n) is 2.36. The number of nitrogens with zero attached hydrogens (tertiary/aromatic N) is 1. The predicted molar refractivity (Wildman–Crippen MR) is 42.7 cm³/mol. The number of aliphatic imine (C=N–C) groups is 1. The highest BCUT2D eigenvalue weighted by atomic mass is 127. The maximum atomic E-state index is 11.8. The summed E-state index contributed by atoms with van der Waals surface area (Å²) in [6.07, 6.45) is -3.25. The Morgan fingerprint density at radius 2 is 2.10 bits per heavy atom. The molecular formula is C5H3F3IN. The van der Waals surface area contributed by atoms with Crippen molar-refractivity contribution in [3.63, 3.8) is 0 Å². The summed E-state index contributed by atoms with van der Waals surface area (Å²) in [5.41, 5.74) is -0.793. The lowest BCUT2D eigenvalue weighted by atomic mass is 10.4. The van der Waals surface area contributed by atoms with Gasteiger partial charge in [-0.2, -0.15) is 13.2 Å². The summed E-state index contributed by atoms with van der Waals surface area (Å²) >= 11 is -0.354. The summed E-state index contributed by atoms with van der Waals surface area (Å²) in [7, 11) is 0. The molecule has 1 rings (SSSR count). The Balaban J connectivity index is 2.85. The van der Waals surface area contributed by atoms with E-state index >= 15 is 0 Å². The Bertz CT molecular complexity index is 213. The molecule has 0 aliphatic carbocycles. The van der Waals surface area contributed by atoms with E-state index in [9.17, 15) is 13.2 Å². The highest BCUT2D eigenvalue weighted by Gasteiger charge is 2.33. The van der Waals surface area contributed by atoms with Crippen LogP contribution >= 0.6 is 20.7 Å². The highest BCUT2D eigenvalue weighted by Crippen LogP contribution is 2.20. The van der Waals surface area contributed by atoms with E-state index in [1.54, 1.807) is 0 Å². The summed E-state index contributed by atoms with van der Waals surface area (Å²) in [4.78, 5) is 3.23. The average molecular weight is 261 g/mol. The SMILES string of the molecule is FC(F)(F)C1=NC=IC=C1. The van der Waals surface area contributed by atoms with E-state index in [1.165, 1.54) is 8.22 Å². The number of allylic oxidation sites excluding steroid dienone is 1. The van der Waals surface area contributed by atoms with Crippen LogP contribution in [0.5, 0.6) is 0 Å². The minimum Gasteiger partial charge on any atom is -0.246 e. The number of hydrogen-bond donors (Lipinski definition) is 0. The fourth-order valence-electron chi connectivity index (χ4n) is 0.420. The van der Waals surface area contributed by atoms with Crippen molar-refractivity contribution in [2.75, 3.05) is 0 Å². The van der Waals surface area contributed by atoms with Crippen molar-refractivity contribution in [1.29, 1.82) is 0 Å². The first-order chi connectivity index (χ1) is 4.61. The second-order valence-electron chi connectivity index (χ2n) is 1.53. The fourth-order valence-corrected chi connectivity index (χ4v) is 1.61. The molecule has 1 heterocycles. The zero-order valence-corrected chi connectivity index (χ0v) is 6.85. The first kappa shape index (κ1) is 7.90. The van der Waals surface area contributed by atoms with Crippen molar-refractivity contribution >= 4 is 30.6 Å². The van der Waals surface area contributed by atoms with E-state index in [2.05, 4.69) is 4.99 Å². The third-order valence-electron chi connectivity index (χ3n) is 0.828. The molecule has 0 atom stereocenters. The van der Waals surface area contributed by atoms with Crippen molar-refractivity contribution in [2.24, 2.45) is 4.99 Å². The molecule has 1 aliphatic heterocycles. The van der Waals surface area contributed by atoms with Gasteiger partial charge in [0, 0.05) is 0 Å². The molecule has 1 nitrogen and oxygen atoms in total. The van der Waals surface area contributed by atoms with Crippen molar-refractivity contribution < 1.29 is 13.2 Å². The monoisotopic (exact) mass is 261 g/mol. The van der Waals surface area contributed by atoms with Gasteiger partial charge in [0.05, 0.1) is 4.14 Å². The summed E-state index contributed by atoms with van der Waals surface area (Å²) < 4.78 is 38.1. The molecule has 0 aromatic carbocycles. The molecule has 0 spiro atoms. The highest BCUT2D eigenvalue weighted by molar-refractivity contribution is 14.2. The van der Waals surface area contributed by atoms with Crippen LogP contribution in [-0.4, -0.2) is 16.0 Å². The molecule has 5 heteroatoms. The number of rotatable bonds is 0. The summed E-state index contributed by atoms with van der Waals surface area (Å²) in [6.45, 7) is 0. The van der Waals surface area contributed by atoms with Crippen LogP contribution in [0.1, 0.15) is 0 Å². The van der Waals surface area contributed by atoms with Gasteiger partial charge in [-0.3, -0.25) is 0 Å². The van der Waals surface area contributed by atoms with Crippen molar-refractivity contribution in [2.45, 2.75) is 6.18 Å². The van der Waals surface area contributed by atoms with Gasteiger partial charge in [-0.05, 0) is 10.2 Å². The van der Waals surface area contributed by atoms with Gasteiger partial charge in [0.15, 0.2) is 0 Å². The molecule has 0 bridgehead atoms. The lowest BCUT2D eigenvalue weighted by Gasteiger charge is -2.05. The van der Waals surface area contributed by atoms with Crippen LogP contribution in [0.25, 0.3) is 0 Å². The Morgan fingerprint density at radius 3 is 2.40 bits per heavy atom. The third-order valence-corrected chi connectivity index (χ3v) is 2.20. The smallest absolute Gasteiger partial charge is 0.246 e. The predicted octanol–water partition coefficient (Wildman–Crippen LogP) is 2.25. The normalized spacial score (nSPS) is 18.1. The van der Waals surface area contributed by atoms with Crippen molar-refractivity contribution in [1.82, 2.24) is 0 Å². The Hall–Kier alpha value is -0.200. The quantitative estimate of drug-likeness (QED) is 0.593. The third kappa shape index (κ3) is 1.89. The average Bonchev–Trinajstić information content (AvgIpc) is 1.88. The van der Waals surface area contributed by atoms with E-state index in [0.717, 1.165) is 6.08 Å². The Morgan fingerprint density at radius 1 is 1.40 bits per heavy atom. The maximum Gasteiger partial charge on any atom is 0.433 e. The van der Waals surface area contributed by atoms with Crippen LogP contribution in [0, 0.1) is 0 Å². The Labute approximate surface area is 65.4 Å². The lowest BCUT2D eigenvalue weighted by molar-refractivity contribution is -0.0575. The molecule has 0 unspecified atom stereocenters. The van der Waals surface area contributed by atoms with Crippen LogP contribution in [0.3, 0.4) is 0 Å². The van der Waals surface area contributed by atoms with E-state index < -0.39 is 11.9 Å². The molecule has 0 fully saturated rings. The number of alkyl halides is 3. The molecule has 0 radical (unpaired) electrons. The maximum absolute atomic E-state index is 11.8. The molecule has 0 N–H and O–H groups in total. The van der Waals surface area contributed by atoms with E-state index in [-0.39, 0.29) is 20.7 Å². The van der Waals surface area contributed by atoms with Crippen molar-refractivity contribution in [3.05, 3.63) is 10.2 Å². The van der Waals surface area contributed by atoms with Gasteiger partial charge in [-0.1, -0.05) is 20.7 Å². The van der Waals surface area contributed by atoms with Crippen molar-refractivity contribution in [3.8, 4) is 0 Å². The van der Waals surface area contributed by atoms with Crippen LogP contribution in [0.15, 0.2) is 15.2 Å². The fraction of sp³-hybridized carbons (Fsp3) is 0.200. The minimum absolute atomic E-state index is 0.354. The zero-order chi connectivity index (χ0) is 7.61. The first-order valence-corrected chi connectivity index (χ1v) is 4.85. The summed E-state index contributed by atoms with van der Waals surface area (Å²) in [5.74, 6) is 0. The zero-order valence-electron chi connectivity index (χ0n) is 4.69. The molecule has 10 heavy (non-hydrogen) atoms. The molecular weight excluding hydrogens is 258 g/mol. The van der Waals surface area contributed by atoms with Crippen LogP contribution in [-0.2, 0) is 0 Å². The van der Waals surface area contributed by atoms with E-state index in [1.807, 2.05) is 0 Å². The van der Waals surface area contributed by atoms with Gasteiger partial charge in [0.2, 0.25) is 0 Å². The molecule has 1 aliphatic rings. The molecule has 0 aromatic rings. The summed E-state index contributed by atoms with van der Waals surface area (Å²) in [6, 6.07) is 0.